The van der Waals surface area contributed by atoms with E-state index in [1.165, 1.54) is 0 Å². The molecule has 0 bridgehead atoms. The van der Waals surface area contributed by atoms with Crippen molar-refractivity contribution in [3.8, 4) is 0 Å². The fourth-order valence-electron chi connectivity index (χ4n) is 2.56. The molecule has 2 rings (SSSR count). The van der Waals surface area contributed by atoms with E-state index in [1.807, 2.05) is 6.92 Å². The summed E-state index contributed by atoms with van der Waals surface area (Å²) >= 11 is 3.26. The molecule has 2 N–H and O–H groups in total. The Morgan fingerprint density at radius 1 is 1.43 bits per heavy atom. The summed E-state index contributed by atoms with van der Waals surface area (Å²) in [5.41, 5.74) is 0.526. The van der Waals surface area contributed by atoms with Crippen molar-refractivity contribution in [1.29, 1.82) is 0 Å². The average Bonchev–Trinajstić information content (AvgIpc) is 2.31. The lowest BCUT2D eigenvalue weighted by atomic mass is 9.67. The molecule has 5 nitrogen and oxygen atoms in total. The average molecular weight is 376 g/mol. The first kappa shape index (κ1) is 16.5. The van der Waals surface area contributed by atoms with E-state index in [9.17, 15) is 13.2 Å². The second kappa shape index (κ2) is 6.06. The van der Waals surface area contributed by atoms with E-state index in [-0.39, 0.29) is 17.9 Å². The number of rotatable bonds is 6. The number of hydrogen-bond acceptors (Lipinski definition) is 3. The van der Waals surface area contributed by atoms with Gasteiger partial charge >= 0.3 is 5.97 Å². The number of aliphatic carboxylic acids is 1. The van der Waals surface area contributed by atoms with Gasteiger partial charge in [-0.2, -0.15) is 0 Å². The smallest absolute Gasteiger partial charge is 0.303 e. The van der Waals surface area contributed by atoms with Gasteiger partial charge in [0.1, 0.15) is 0 Å². The first-order chi connectivity index (χ1) is 9.74. The lowest BCUT2D eigenvalue weighted by Gasteiger charge is -2.40. The van der Waals surface area contributed by atoms with Crippen molar-refractivity contribution in [3.63, 3.8) is 0 Å². The predicted octanol–water partition coefficient (Wildman–Crippen LogP) is 2.68. The second-order valence-corrected chi connectivity index (χ2v) is 8.27. The maximum Gasteiger partial charge on any atom is 0.303 e. The van der Waals surface area contributed by atoms with Gasteiger partial charge in [0.25, 0.3) is 0 Å². The van der Waals surface area contributed by atoms with Crippen molar-refractivity contribution in [2.45, 2.75) is 37.5 Å². The summed E-state index contributed by atoms with van der Waals surface area (Å²) in [7, 11) is -3.64. The predicted molar refractivity (Wildman–Crippen MR) is 82.6 cm³/mol. The van der Waals surface area contributed by atoms with Crippen LogP contribution in [0.25, 0.3) is 0 Å². The molecule has 0 aromatic heterocycles. The standard InChI is InChI=1S/C14H18BrNO4S/c1-10-3-4-12(11(15)7-10)21(19,20)16-9-14(5-2-6-14)8-13(17)18/h3-4,7,16H,2,5-6,8-9H2,1H3,(H,17,18). The molecular formula is C14H18BrNO4S. The molecule has 1 aliphatic carbocycles. The fourth-order valence-corrected chi connectivity index (χ4v) is 4.91. The first-order valence-corrected chi connectivity index (χ1v) is 8.99. The molecule has 0 atom stereocenters. The van der Waals surface area contributed by atoms with Gasteiger partial charge in [-0.25, -0.2) is 13.1 Å². The molecule has 0 aliphatic heterocycles. The van der Waals surface area contributed by atoms with Gasteiger partial charge in [-0.15, -0.1) is 0 Å². The van der Waals surface area contributed by atoms with Crippen LogP contribution >= 0.6 is 15.9 Å². The number of benzene rings is 1. The van der Waals surface area contributed by atoms with Crippen molar-refractivity contribution < 1.29 is 18.3 Å². The van der Waals surface area contributed by atoms with E-state index in [0.29, 0.717) is 4.47 Å². The Morgan fingerprint density at radius 3 is 2.57 bits per heavy atom. The third kappa shape index (κ3) is 3.84. The van der Waals surface area contributed by atoms with Gasteiger partial charge in [0.2, 0.25) is 10.0 Å². The molecule has 0 unspecified atom stereocenters. The zero-order chi connectivity index (χ0) is 15.7. The lowest BCUT2D eigenvalue weighted by molar-refractivity contribution is -0.141. The normalized spacial score (nSPS) is 17.2. The third-order valence-corrected chi connectivity index (χ3v) is 6.33. The number of aryl methyl sites for hydroxylation is 1. The van der Waals surface area contributed by atoms with Gasteiger partial charge in [-0.1, -0.05) is 12.5 Å². The van der Waals surface area contributed by atoms with Gasteiger partial charge in [0.05, 0.1) is 11.3 Å². The van der Waals surface area contributed by atoms with E-state index in [2.05, 4.69) is 20.7 Å². The number of carbonyl (C=O) groups is 1. The van der Waals surface area contributed by atoms with Gasteiger partial charge in [-0.05, 0) is 58.8 Å². The zero-order valence-electron chi connectivity index (χ0n) is 11.7. The van der Waals surface area contributed by atoms with E-state index in [4.69, 9.17) is 5.11 Å². The molecule has 1 saturated carbocycles. The van der Waals surface area contributed by atoms with Crippen LogP contribution in [0.4, 0.5) is 0 Å². The molecule has 0 radical (unpaired) electrons. The zero-order valence-corrected chi connectivity index (χ0v) is 14.1. The Balaban J connectivity index is 2.12. The van der Waals surface area contributed by atoms with E-state index in [0.717, 1.165) is 24.8 Å². The topological polar surface area (TPSA) is 83.5 Å². The number of nitrogens with one attached hydrogen (secondary N) is 1. The number of halogens is 1. The molecule has 1 aromatic rings. The van der Waals surface area contributed by atoms with Crippen LogP contribution in [0, 0.1) is 12.3 Å². The van der Waals surface area contributed by atoms with Crippen LogP contribution in [0.1, 0.15) is 31.2 Å². The van der Waals surface area contributed by atoms with Crippen LogP contribution < -0.4 is 4.72 Å². The Morgan fingerprint density at radius 2 is 2.10 bits per heavy atom. The molecule has 1 aromatic carbocycles. The van der Waals surface area contributed by atoms with Gasteiger partial charge in [0.15, 0.2) is 0 Å². The van der Waals surface area contributed by atoms with E-state index >= 15 is 0 Å². The van der Waals surface area contributed by atoms with Crippen LogP contribution in [0.2, 0.25) is 0 Å². The maximum atomic E-state index is 12.3. The molecule has 0 amide bonds. The number of carboxylic acids is 1. The summed E-state index contributed by atoms with van der Waals surface area (Å²) in [6.45, 7) is 2.05. The second-order valence-electron chi connectivity index (χ2n) is 5.68. The Hall–Kier alpha value is -0.920. The van der Waals surface area contributed by atoms with E-state index in [1.54, 1.807) is 18.2 Å². The number of hydrogen-bond donors (Lipinski definition) is 2. The summed E-state index contributed by atoms with van der Waals surface area (Å²) in [5, 5.41) is 8.95. The fraction of sp³-hybridized carbons (Fsp3) is 0.500. The van der Waals surface area contributed by atoms with Gasteiger partial charge < -0.3 is 5.11 Å². The van der Waals surface area contributed by atoms with Crippen molar-refractivity contribution in [2.75, 3.05) is 6.54 Å². The third-order valence-electron chi connectivity index (χ3n) is 3.95. The van der Waals surface area contributed by atoms with Crippen LogP contribution in [-0.4, -0.2) is 26.0 Å². The molecular weight excluding hydrogens is 358 g/mol. The molecule has 1 fully saturated rings. The molecule has 7 heteroatoms. The van der Waals surface area contributed by atoms with Crippen molar-refractivity contribution in [2.24, 2.45) is 5.41 Å². The number of carboxylic acid groups (broad SMARTS) is 1. The van der Waals surface area contributed by atoms with E-state index < -0.39 is 21.4 Å². The van der Waals surface area contributed by atoms with Gasteiger partial charge in [-0.3, -0.25) is 4.79 Å². The highest BCUT2D eigenvalue weighted by molar-refractivity contribution is 9.10. The van der Waals surface area contributed by atoms with Crippen LogP contribution in [0.15, 0.2) is 27.6 Å². The molecule has 0 heterocycles. The minimum absolute atomic E-state index is 0.00455. The Labute approximate surface area is 132 Å². The highest BCUT2D eigenvalue weighted by atomic mass is 79.9. The monoisotopic (exact) mass is 375 g/mol. The summed E-state index contributed by atoms with van der Waals surface area (Å²) in [6, 6.07) is 5.02. The minimum Gasteiger partial charge on any atom is -0.481 e. The quantitative estimate of drug-likeness (QED) is 0.800. The highest BCUT2D eigenvalue weighted by Crippen LogP contribution is 2.43. The van der Waals surface area contributed by atoms with Gasteiger partial charge in [0, 0.05) is 11.0 Å². The Bertz CT molecular complexity index is 653. The molecule has 0 saturated heterocycles. The van der Waals surface area contributed by atoms with Crippen LogP contribution in [0.5, 0.6) is 0 Å². The summed E-state index contributed by atoms with van der Waals surface area (Å²) in [6.07, 6.45) is 2.45. The van der Waals surface area contributed by atoms with Crippen molar-refractivity contribution >= 4 is 31.9 Å². The number of sulfonamides is 1. The largest absolute Gasteiger partial charge is 0.481 e. The summed E-state index contributed by atoms with van der Waals surface area (Å²) < 4.78 is 27.8. The maximum absolute atomic E-state index is 12.3. The molecule has 21 heavy (non-hydrogen) atoms. The highest BCUT2D eigenvalue weighted by Gasteiger charge is 2.40. The lowest BCUT2D eigenvalue weighted by Crippen LogP contribution is -2.43. The molecule has 0 spiro atoms. The molecule has 116 valence electrons. The minimum atomic E-state index is -3.64. The van der Waals surface area contributed by atoms with Crippen molar-refractivity contribution in [3.05, 3.63) is 28.2 Å². The molecule has 1 aliphatic rings. The van der Waals surface area contributed by atoms with Crippen molar-refractivity contribution in [1.82, 2.24) is 4.72 Å². The van der Waals surface area contributed by atoms with Crippen LogP contribution in [0.3, 0.4) is 0 Å². The summed E-state index contributed by atoms with van der Waals surface area (Å²) in [5.74, 6) is -0.884. The van der Waals surface area contributed by atoms with Crippen LogP contribution in [-0.2, 0) is 14.8 Å². The Kier molecular flexibility index (Phi) is 4.75. The summed E-state index contributed by atoms with van der Waals surface area (Å²) in [4.78, 5) is 11.1. The first-order valence-electron chi connectivity index (χ1n) is 6.72. The SMILES string of the molecule is Cc1ccc(S(=O)(=O)NCC2(CC(=O)O)CCC2)c(Br)c1.